The van der Waals surface area contributed by atoms with Crippen LogP contribution in [-0.4, -0.2) is 15.9 Å². The second-order valence-corrected chi connectivity index (χ2v) is 5.75. The molecule has 0 atom stereocenters. The van der Waals surface area contributed by atoms with E-state index in [9.17, 15) is 0 Å². The van der Waals surface area contributed by atoms with Crippen LogP contribution in [0, 0.1) is 5.92 Å². The van der Waals surface area contributed by atoms with E-state index in [1.807, 2.05) is 18.3 Å². The van der Waals surface area contributed by atoms with Gasteiger partial charge in [0.25, 0.3) is 0 Å². The van der Waals surface area contributed by atoms with E-state index in [1.165, 1.54) is 18.0 Å². The molecule has 0 amide bonds. The largest absolute Gasteiger partial charge is 0.382 e. The van der Waals surface area contributed by atoms with E-state index in [4.69, 9.17) is 5.73 Å². The highest BCUT2D eigenvalue weighted by atomic mass is 32.1. The highest BCUT2D eigenvalue weighted by molar-refractivity contribution is 7.11. The molecule has 2 heterocycles. The zero-order valence-corrected chi connectivity index (χ0v) is 12.2. The standard InChI is InChI=1S/C14H20N4S/c1-10(2)5-3-8-17-14-12(13(15)18-19-14)11-6-4-7-16-9-11/h4,6-7,9-10,17H,3,5,8H2,1-2H3,(H2,15,18). The van der Waals surface area contributed by atoms with Gasteiger partial charge in [-0.15, -0.1) is 0 Å². The molecule has 0 bridgehead atoms. The predicted molar refractivity (Wildman–Crippen MR) is 82.3 cm³/mol. The fraction of sp³-hybridized carbons (Fsp3) is 0.429. The third-order valence-corrected chi connectivity index (χ3v) is 3.73. The lowest BCUT2D eigenvalue weighted by molar-refractivity contribution is 0.567. The molecule has 0 radical (unpaired) electrons. The molecule has 0 aliphatic rings. The summed E-state index contributed by atoms with van der Waals surface area (Å²) in [7, 11) is 0. The molecule has 3 N–H and O–H groups in total. The summed E-state index contributed by atoms with van der Waals surface area (Å²) in [6.07, 6.45) is 5.96. The summed E-state index contributed by atoms with van der Waals surface area (Å²) in [6, 6.07) is 3.92. The minimum absolute atomic E-state index is 0.573. The summed E-state index contributed by atoms with van der Waals surface area (Å²) in [4.78, 5) is 4.14. The molecule has 0 aromatic carbocycles. The molecule has 0 saturated carbocycles. The normalized spacial score (nSPS) is 10.9. The topological polar surface area (TPSA) is 63.8 Å². The Bertz CT molecular complexity index is 507. The van der Waals surface area contributed by atoms with Crippen molar-refractivity contribution in [1.29, 1.82) is 0 Å². The molecule has 4 nitrogen and oxygen atoms in total. The zero-order chi connectivity index (χ0) is 13.7. The van der Waals surface area contributed by atoms with Crippen LogP contribution in [0.3, 0.4) is 0 Å². The van der Waals surface area contributed by atoms with Crippen molar-refractivity contribution in [1.82, 2.24) is 9.36 Å². The molecular formula is C14H20N4S. The lowest BCUT2D eigenvalue weighted by Crippen LogP contribution is -2.03. The van der Waals surface area contributed by atoms with E-state index in [0.717, 1.165) is 35.0 Å². The van der Waals surface area contributed by atoms with E-state index in [2.05, 4.69) is 28.5 Å². The number of rotatable bonds is 6. The maximum absolute atomic E-state index is 5.96. The number of nitrogen functional groups attached to an aromatic ring is 1. The maximum Gasteiger partial charge on any atom is 0.147 e. The Morgan fingerprint density at radius 3 is 2.95 bits per heavy atom. The first-order valence-corrected chi connectivity index (χ1v) is 7.35. The maximum atomic E-state index is 5.96. The molecule has 0 aliphatic heterocycles. The second-order valence-electron chi connectivity index (χ2n) is 4.98. The molecule has 2 aromatic rings. The summed E-state index contributed by atoms with van der Waals surface area (Å²) in [6.45, 7) is 5.44. The van der Waals surface area contributed by atoms with E-state index < -0.39 is 0 Å². The summed E-state index contributed by atoms with van der Waals surface area (Å²) in [5.41, 5.74) is 7.95. The molecule has 2 aromatic heterocycles. The van der Waals surface area contributed by atoms with Crippen molar-refractivity contribution in [2.45, 2.75) is 26.7 Å². The predicted octanol–water partition coefficient (Wildman–Crippen LogP) is 3.64. The zero-order valence-electron chi connectivity index (χ0n) is 11.4. The number of aromatic nitrogens is 2. The Labute approximate surface area is 118 Å². The molecule has 0 fully saturated rings. The van der Waals surface area contributed by atoms with Gasteiger partial charge < -0.3 is 11.1 Å². The van der Waals surface area contributed by atoms with E-state index in [1.54, 1.807) is 6.20 Å². The number of nitrogens with zero attached hydrogens (tertiary/aromatic N) is 2. The van der Waals surface area contributed by atoms with Crippen molar-refractivity contribution in [2.75, 3.05) is 17.6 Å². The minimum atomic E-state index is 0.573. The van der Waals surface area contributed by atoms with Gasteiger partial charge in [-0.25, -0.2) is 0 Å². The number of pyridine rings is 1. The molecule has 102 valence electrons. The van der Waals surface area contributed by atoms with Crippen molar-refractivity contribution in [2.24, 2.45) is 5.92 Å². The number of anilines is 2. The van der Waals surface area contributed by atoms with Gasteiger partial charge in [-0.1, -0.05) is 19.9 Å². The van der Waals surface area contributed by atoms with Gasteiger partial charge in [-0.05, 0) is 36.4 Å². The summed E-state index contributed by atoms with van der Waals surface area (Å²) in [5, 5.41) is 4.47. The SMILES string of the molecule is CC(C)CCCNc1snc(N)c1-c1cccnc1. The van der Waals surface area contributed by atoms with Crippen molar-refractivity contribution >= 4 is 22.4 Å². The van der Waals surface area contributed by atoms with Crippen molar-refractivity contribution in [3.63, 3.8) is 0 Å². The van der Waals surface area contributed by atoms with E-state index >= 15 is 0 Å². The quantitative estimate of drug-likeness (QED) is 0.791. The average Bonchev–Trinajstić information content (AvgIpc) is 2.77. The van der Waals surface area contributed by atoms with Gasteiger partial charge in [0.15, 0.2) is 0 Å². The molecule has 2 rings (SSSR count). The molecule has 0 aliphatic carbocycles. The third-order valence-electron chi connectivity index (χ3n) is 2.91. The molecule has 0 spiro atoms. The Morgan fingerprint density at radius 2 is 2.26 bits per heavy atom. The number of hydrogen-bond acceptors (Lipinski definition) is 5. The second kappa shape index (κ2) is 6.52. The summed E-state index contributed by atoms with van der Waals surface area (Å²) >= 11 is 1.42. The molecule has 0 saturated heterocycles. The van der Waals surface area contributed by atoms with Crippen LogP contribution in [-0.2, 0) is 0 Å². The van der Waals surface area contributed by atoms with Crippen molar-refractivity contribution < 1.29 is 0 Å². The Balaban J connectivity index is 2.06. The Hall–Kier alpha value is -1.62. The molecule has 0 unspecified atom stereocenters. The van der Waals surface area contributed by atoms with Gasteiger partial charge in [-0.2, -0.15) is 4.37 Å². The lowest BCUT2D eigenvalue weighted by atomic mass is 10.1. The van der Waals surface area contributed by atoms with Gasteiger partial charge >= 0.3 is 0 Å². The first-order chi connectivity index (χ1) is 9.18. The van der Waals surface area contributed by atoms with Gasteiger partial charge in [0.05, 0.1) is 5.56 Å². The van der Waals surface area contributed by atoms with Crippen LogP contribution in [0.4, 0.5) is 10.8 Å². The van der Waals surface area contributed by atoms with Crippen LogP contribution in [0.25, 0.3) is 11.1 Å². The highest BCUT2D eigenvalue weighted by Gasteiger charge is 2.13. The minimum Gasteiger partial charge on any atom is -0.382 e. The number of hydrogen-bond donors (Lipinski definition) is 2. The Morgan fingerprint density at radius 1 is 1.42 bits per heavy atom. The third kappa shape index (κ3) is 3.67. The molecule has 5 heteroatoms. The van der Waals surface area contributed by atoms with Crippen LogP contribution in [0.1, 0.15) is 26.7 Å². The smallest absolute Gasteiger partial charge is 0.147 e. The van der Waals surface area contributed by atoms with Crippen LogP contribution in [0.2, 0.25) is 0 Å². The fourth-order valence-corrected chi connectivity index (χ4v) is 2.69. The van der Waals surface area contributed by atoms with Crippen LogP contribution in [0.5, 0.6) is 0 Å². The van der Waals surface area contributed by atoms with Crippen LogP contribution < -0.4 is 11.1 Å². The lowest BCUT2D eigenvalue weighted by Gasteiger charge is -2.08. The van der Waals surface area contributed by atoms with Gasteiger partial charge in [0.1, 0.15) is 10.8 Å². The highest BCUT2D eigenvalue weighted by Crippen LogP contribution is 2.36. The average molecular weight is 276 g/mol. The first-order valence-electron chi connectivity index (χ1n) is 6.58. The fourth-order valence-electron chi connectivity index (χ4n) is 1.92. The Kier molecular flexibility index (Phi) is 4.74. The monoisotopic (exact) mass is 276 g/mol. The molecular weight excluding hydrogens is 256 g/mol. The number of nitrogens with two attached hydrogens (primary N) is 1. The van der Waals surface area contributed by atoms with Crippen LogP contribution >= 0.6 is 11.5 Å². The first kappa shape index (κ1) is 13.8. The van der Waals surface area contributed by atoms with Gasteiger partial charge in [-0.3, -0.25) is 4.98 Å². The van der Waals surface area contributed by atoms with E-state index in [0.29, 0.717) is 5.82 Å². The van der Waals surface area contributed by atoms with Crippen LogP contribution in [0.15, 0.2) is 24.5 Å². The summed E-state index contributed by atoms with van der Waals surface area (Å²) in [5.74, 6) is 1.32. The number of nitrogens with one attached hydrogen (secondary N) is 1. The van der Waals surface area contributed by atoms with Gasteiger partial charge in [0.2, 0.25) is 0 Å². The summed E-state index contributed by atoms with van der Waals surface area (Å²) < 4.78 is 4.24. The van der Waals surface area contributed by atoms with E-state index in [-0.39, 0.29) is 0 Å². The molecule has 19 heavy (non-hydrogen) atoms. The van der Waals surface area contributed by atoms with Crippen molar-refractivity contribution in [3.05, 3.63) is 24.5 Å². The van der Waals surface area contributed by atoms with Gasteiger partial charge in [0, 0.05) is 24.5 Å². The van der Waals surface area contributed by atoms with Crippen molar-refractivity contribution in [3.8, 4) is 11.1 Å².